The first kappa shape index (κ1) is 17.1. The highest BCUT2D eigenvalue weighted by atomic mass is 19.1. The number of benzene rings is 1. The van der Waals surface area contributed by atoms with Crippen LogP contribution in [0.5, 0.6) is 0 Å². The molecular weight excluding hydrogens is 273 g/mol. The van der Waals surface area contributed by atoms with E-state index in [1.54, 1.807) is 31.0 Å². The Bertz CT molecular complexity index is 505. The van der Waals surface area contributed by atoms with E-state index in [1.165, 1.54) is 12.1 Å². The van der Waals surface area contributed by atoms with Crippen LogP contribution < -0.4 is 10.6 Å². The Morgan fingerprint density at radius 1 is 1.24 bits per heavy atom. The van der Waals surface area contributed by atoms with E-state index in [0.717, 1.165) is 0 Å². The summed E-state index contributed by atoms with van der Waals surface area (Å²) < 4.78 is 13.5. The molecule has 2 N–H and O–H groups in total. The van der Waals surface area contributed by atoms with Crippen molar-refractivity contribution in [1.29, 1.82) is 0 Å². The second kappa shape index (κ2) is 7.73. The lowest BCUT2D eigenvalue weighted by Crippen LogP contribution is -2.46. The van der Waals surface area contributed by atoms with Crippen molar-refractivity contribution in [2.75, 3.05) is 18.9 Å². The first-order chi connectivity index (χ1) is 9.81. The van der Waals surface area contributed by atoms with Crippen LogP contribution in [0.1, 0.15) is 20.8 Å². The van der Waals surface area contributed by atoms with E-state index in [0.29, 0.717) is 0 Å². The monoisotopic (exact) mass is 295 g/mol. The molecule has 5 nitrogen and oxygen atoms in total. The van der Waals surface area contributed by atoms with Gasteiger partial charge in [0.15, 0.2) is 0 Å². The summed E-state index contributed by atoms with van der Waals surface area (Å²) in [6.07, 6.45) is 0. The van der Waals surface area contributed by atoms with E-state index in [2.05, 4.69) is 10.6 Å². The van der Waals surface area contributed by atoms with Gasteiger partial charge in [0.2, 0.25) is 11.8 Å². The molecule has 21 heavy (non-hydrogen) atoms. The summed E-state index contributed by atoms with van der Waals surface area (Å²) in [4.78, 5) is 25.3. The molecule has 0 bridgehead atoms. The molecule has 0 aliphatic carbocycles. The molecule has 1 atom stereocenters. The zero-order valence-corrected chi connectivity index (χ0v) is 12.8. The zero-order chi connectivity index (χ0) is 16.0. The van der Waals surface area contributed by atoms with E-state index >= 15 is 0 Å². The molecule has 0 aliphatic rings. The zero-order valence-electron chi connectivity index (χ0n) is 12.8. The fourth-order valence-electron chi connectivity index (χ4n) is 1.73. The molecule has 6 heteroatoms. The molecule has 0 unspecified atom stereocenters. The van der Waals surface area contributed by atoms with Crippen molar-refractivity contribution in [1.82, 2.24) is 10.2 Å². The third-order valence-corrected chi connectivity index (χ3v) is 3.01. The van der Waals surface area contributed by atoms with E-state index in [4.69, 9.17) is 0 Å². The molecule has 0 saturated carbocycles. The molecule has 0 spiro atoms. The van der Waals surface area contributed by atoms with Gasteiger partial charge in [0.1, 0.15) is 5.82 Å². The number of hydrogen-bond acceptors (Lipinski definition) is 3. The van der Waals surface area contributed by atoms with Crippen LogP contribution in [0, 0.1) is 5.82 Å². The highest BCUT2D eigenvalue weighted by Gasteiger charge is 2.21. The van der Waals surface area contributed by atoms with Crippen LogP contribution in [0.25, 0.3) is 0 Å². The Hall–Kier alpha value is -1.95. The fourth-order valence-corrected chi connectivity index (χ4v) is 1.73. The van der Waals surface area contributed by atoms with Crippen molar-refractivity contribution >= 4 is 17.5 Å². The fraction of sp³-hybridized carbons (Fsp3) is 0.467. The van der Waals surface area contributed by atoms with Gasteiger partial charge in [-0.3, -0.25) is 14.5 Å². The molecule has 116 valence electrons. The first-order valence-electron chi connectivity index (χ1n) is 6.86. The van der Waals surface area contributed by atoms with Crippen molar-refractivity contribution in [2.24, 2.45) is 0 Å². The van der Waals surface area contributed by atoms with Crippen molar-refractivity contribution in [3.05, 3.63) is 30.1 Å². The van der Waals surface area contributed by atoms with Crippen LogP contribution in [-0.2, 0) is 9.59 Å². The van der Waals surface area contributed by atoms with Gasteiger partial charge in [-0.15, -0.1) is 0 Å². The highest BCUT2D eigenvalue weighted by molar-refractivity contribution is 5.95. The number of anilines is 1. The predicted octanol–water partition coefficient (Wildman–Crippen LogP) is 1.61. The second-order valence-electron chi connectivity index (χ2n) is 5.28. The highest BCUT2D eigenvalue weighted by Crippen LogP contribution is 2.13. The SMILES string of the molecule is CC(C)NC(=O)CN(C)[C@H](C)C(=O)Nc1ccccc1F. The summed E-state index contributed by atoms with van der Waals surface area (Å²) in [7, 11) is 1.67. The molecule has 0 saturated heterocycles. The molecule has 0 aromatic heterocycles. The molecule has 0 aliphatic heterocycles. The smallest absolute Gasteiger partial charge is 0.241 e. The van der Waals surface area contributed by atoms with E-state index in [-0.39, 0.29) is 30.1 Å². The van der Waals surface area contributed by atoms with Crippen LogP contribution in [0.4, 0.5) is 10.1 Å². The lowest BCUT2D eigenvalue weighted by molar-refractivity contribution is -0.125. The summed E-state index contributed by atoms with van der Waals surface area (Å²) >= 11 is 0. The largest absolute Gasteiger partial charge is 0.353 e. The number of rotatable bonds is 6. The number of para-hydroxylation sites is 1. The van der Waals surface area contributed by atoms with Crippen molar-refractivity contribution in [2.45, 2.75) is 32.9 Å². The van der Waals surface area contributed by atoms with Gasteiger partial charge < -0.3 is 10.6 Å². The van der Waals surface area contributed by atoms with Gasteiger partial charge in [0.25, 0.3) is 0 Å². The second-order valence-corrected chi connectivity index (χ2v) is 5.28. The number of carbonyl (C=O) groups excluding carboxylic acids is 2. The number of hydrogen-bond donors (Lipinski definition) is 2. The minimum atomic E-state index is -0.553. The molecule has 1 aromatic carbocycles. The van der Waals surface area contributed by atoms with Gasteiger partial charge >= 0.3 is 0 Å². The summed E-state index contributed by atoms with van der Waals surface area (Å²) in [5.41, 5.74) is 0.134. The molecular formula is C15H22FN3O2. The Kier molecular flexibility index (Phi) is 6.30. The van der Waals surface area contributed by atoms with Crippen LogP contribution >= 0.6 is 0 Å². The van der Waals surface area contributed by atoms with Crippen LogP contribution in [0.3, 0.4) is 0 Å². The van der Waals surface area contributed by atoms with Gasteiger partial charge in [-0.05, 0) is 40.0 Å². The lowest BCUT2D eigenvalue weighted by atomic mass is 10.2. The molecule has 1 aromatic rings. The Balaban J connectivity index is 2.57. The molecule has 2 amide bonds. The number of amides is 2. The predicted molar refractivity (Wildman–Crippen MR) is 80.4 cm³/mol. The molecule has 1 rings (SSSR count). The summed E-state index contributed by atoms with van der Waals surface area (Å²) in [6.45, 7) is 5.50. The minimum absolute atomic E-state index is 0.0495. The van der Waals surface area contributed by atoms with Crippen molar-refractivity contribution in [3.63, 3.8) is 0 Å². The Morgan fingerprint density at radius 2 is 1.86 bits per heavy atom. The molecule has 0 radical (unpaired) electrons. The maximum Gasteiger partial charge on any atom is 0.241 e. The average Bonchev–Trinajstić information content (AvgIpc) is 2.39. The van der Waals surface area contributed by atoms with Gasteiger partial charge in [-0.2, -0.15) is 0 Å². The average molecular weight is 295 g/mol. The van der Waals surface area contributed by atoms with Crippen LogP contribution in [0.15, 0.2) is 24.3 Å². The van der Waals surface area contributed by atoms with Crippen LogP contribution in [0.2, 0.25) is 0 Å². The molecule has 0 heterocycles. The van der Waals surface area contributed by atoms with Gasteiger partial charge in [0.05, 0.1) is 18.3 Å². The van der Waals surface area contributed by atoms with Crippen molar-refractivity contribution < 1.29 is 14.0 Å². The first-order valence-corrected chi connectivity index (χ1v) is 6.86. The number of likely N-dealkylation sites (N-methyl/N-ethyl adjacent to an activating group) is 1. The molecule has 0 fully saturated rings. The standard InChI is InChI=1S/C15H22FN3O2/c1-10(2)17-14(20)9-19(4)11(3)15(21)18-13-8-6-5-7-12(13)16/h5-8,10-11H,9H2,1-4H3,(H,17,20)(H,18,21)/t11-/m1/s1. The lowest BCUT2D eigenvalue weighted by Gasteiger charge is -2.23. The summed E-state index contributed by atoms with van der Waals surface area (Å²) in [6, 6.07) is 5.46. The maximum absolute atomic E-state index is 13.5. The van der Waals surface area contributed by atoms with Gasteiger partial charge in [-0.1, -0.05) is 12.1 Å². The topological polar surface area (TPSA) is 61.4 Å². The van der Waals surface area contributed by atoms with Gasteiger partial charge in [-0.25, -0.2) is 4.39 Å². The van der Waals surface area contributed by atoms with Crippen LogP contribution in [-0.4, -0.2) is 42.4 Å². The quantitative estimate of drug-likeness (QED) is 0.838. The minimum Gasteiger partial charge on any atom is -0.353 e. The number of halogens is 1. The number of nitrogens with zero attached hydrogens (tertiary/aromatic N) is 1. The summed E-state index contributed by atoms with van der Waals surface area (Å²) in [5.74, 6) is -1.00. The van der Waals surface area contributed by atoms with Crippen molar-refractivity contribution in [3.8, 4) is 0 Å². The third kappa shape index (κ3) is 5.51. The Morgan fingerprint density at radius 3 is 2.43 bits per heavy atom. The number of carbonyl (C=O) groups is 2. The van der Waals surface area contributed by atoms with Gasteiger partial charge in [0, 0.05) is 6.04 Å². The normalized spacial score (nSPS) is 12.3. The van der Waals surface area contributed by atoms with E-state index in [9.17, 15) is 14.0 Å². The number of nitrogens with one attached hydrogen (secondary N) is 2. The van der Waals surface area contributed by atoms with E-state index in [1.807, 2.05) is 13.8 Å². The van der Waals surface area contributed by atoms with E-state index < -0.39 is 11.9 Å². The maximum atomic E-state index is 13.5. The third-order valence-electron chi connectivity index (χ3n) is 3.01. The summed E-state index contributed by atoms with van der Waals surface area (Å²) in [5, 5.41) is 5.27. The Labute approximate surface area is 124 Å².